The van der Waals surface area contributed by atoms with E-state index in [0.29, 0.717) is 22.4 Å². The first-order valence-electron chi connectivity index (χ1n) is 30.5. The SMILES string of the molecule is [2H]c1c([2H])c([2H])c2c(c1[2H])c1c([2H])c([2H])c([2H])c([2H])c1n2-c1cc(-c2c(-c3ccc4c5ccccc5n(-c5ccccc5)c4c3)cccc2-n2c3ccccc3c3ccccc32)nc(-n2c3c([2H])c([2H])c([2H])c([2H])c3c3c([2H])c([2H])c([2H])c([2H])c32)n1. The van der Waals surface area contributed by atoms with Gasteiger partial charge < -0.3 is 9.13 Å². The quantitative estimate of drug-likeness (QED) is 0.167. The zero-order valence-electron chi connectivity index (χ0n) is 52.5. The van der Waals surface area contributed by atoms with E-state index in [1.165, 1.54) is 10.6 Å². The first-order valence-corrected chi connectivity index (χ1v) is 22.5. The fraction of sp³-hybridized carbons (Fsp3) is 0. The number of para-hydroxylation sites is 8. The maximum absolute atomic E-state index is 9.58. The summed E-state index contributed by atoms with van der Waals surface area (Å²) in [6, 6.07) is 36.9. The summed E-state index contributed by atoms with van der Waals surface area (Å²) in [5, 5.41) is 2.79. The molecular weight excluding hydrogens is 853 g/mol. The molecule has 326 valence electrons. The number of nitrogens with zero attached hydrogens (tertiary/aromatic N) is 6. The Balaban J connectivity index is 1.18. The van der Waals surface area contributed by atoms with E-state index in [1.807, 2.05) is 115 Å². The third kappa shape index (κ3) is 5.56. The van der Waals surface area contributed by atoms with Gasteiger partial charge in [-0.1, -0.05) is 170 Å². The highest BCUT2D eigenvalue weighted by Crippen LogP contribution is 2.44. The first-order chi connectivity index (χ1) is 41.4. The van der Waals surface area contributed by atoms with Gasteiger partial charge in [0.25, 0.3) is 0 Å². The second-order valence-electron chi connectivity index (χ2n) is 17.0. The van der Waals surface area contributed by atoms with Crippen molar-refractivity contribution in [1.29, 1.82) is 0 Å². The van der Waals surface area contributed by atoms with Crippen LogP contribution < -0.4 is 0 Å². The molecule has 10 aromatic carbocycles. The maximum Gasteiger partial charge on any atom is 0.237 e. The van der Waals surface area contributed by atoms with E-state index in [4.69, 9.17) is 20.9 Å². The lowest BCUT2D eigenvalue weighted by Crippen LogP contribution is -2.09. The van der Waals surface area contributed by atoms with Gasteiger partial charge >= 0.3 is 0 Å². The summed E-state index contributed by atoms with van der Waals surface area (Å²) in [6.07, 6.45) is 0. The lowest BCUT2D eigenvalue weighted by molar-refractivity contribution is 0.951. The monoisotopic (exact) mass is 908 g/mol. The average molecular weight is 909 g/mol. The lowest BCUT2D eigenvalue weighted by Gasteiger charge is -2.20. The minimum absolute atomic E-state index is 0.0644. The van der Waals surface area contributed by atoms with E-state index in [1.54, 1.807) is 0 Å². The minimum Gasteiger partial charge on any atom is -0.309 e. The van der Waals surface area contributed by atoms with Crippen LogP contribution in [0, 0.1) is 0 Å². The summed E-state index contributed by atoms with van der Waals surface area (Å²) >= 11 is 0. The summed E-state index contributed by atoms with van der Waals surface area (Å²) in [5.41, 5.74) is 5.42. The van der Waals surface area contributed by atoms with E-state index >= 15 is 0 Å². The van der Waals surface area contributed by atoms with Crippen LogP contribution in [0.3, 0.4) is 0 Å². The van der Waals surface area contributed by atoms with Crippen molar-refractivity contribution in [2.45, 2.75) is 0 Å². The molecule has 0 aliphatic carbocycles. The van der Waals surface area contributed by atoms with Crippen LogP contribution in [-0.2, 0) is 0 Å². The predicted molar refractivity (Wildman–Crippen MR) is 290 cm³/mol. The highest BCUT2D eigenvalue weighted by molar-refractivity contribution is 6.13. The molecule has 15 aromatic rings. The van der Waals surface area contributed by atoms with Gasteiger partial charge in [0, 0.05) is 60.4 Å². The van der Waals surface area contributed by atoms with Crippen LogP contribution in [0.15, 0.2) is 242 Å². The van der Waals surface area contributed by atoms with E-state index in [0.717, 1.165) is 53.9 Å². The fourth-order valence-corrected chi connectivity index (χ4v) is 10.4. The van der Waals surface area contributed by atoms with Gasteiger partial charge in [-0.25, -0.2) is 4.98 Å². The normalized spacial score (nSPS) is 15.2. The Morgan fingerprint density at radius 3 is 1.39 bits per heavy atom. The molecule has 15 rings (SSSR count). The molecule has 70 heavy (non-hydrogen) atoms. The molecule has 0 bridgehead atoms. The summed E-state index contributed by atoms with van der Waals surface area (Å²) < 4.78 is 154. The third-order valence-electron chi connectivity index (χ3n) is 13.3. The second-order valence-corrected chi connectivity index (χ2v) is 17.0. The average Bonchev–Trinajstić information content (AvgIpc) is 1.70. The van der Waals surface area contributed by atoms with E-state index in [9.17, 15) is 11.0 Å². The molecule has 0 atom stereocenters. The Morgan fingerprint density at radius 1 is 0.329 bits per heavy atom. The van der Waals surface area contributed by atoms with Crippen molar-refractivity contribution in [3.05, 3.63) is 242 Å². The number of rotatable bonds is 6. The number of hydrogen-bond acceptors (Lipinski definition) is 2. The molecule has 5 aromatic heterocycles. The van der Waals surface area contributed by atoms with Crippen molar-refractivity contribution >= 4 is 87.2 Å². The van der Waals surface area contributed by atoms with Gasteiger partial charge in [0.1, 0.15) is 5.82 Å². The van der Waals surface area contributed by atoms with Crippen molar-refractivity contribution in [3.63, 3.8) is 0 Å². The second kappa shape index (κ2) is 15.0. The molecule has 0 fully saturated rings. The highest BCUT2D eigenvalue weighted by Gasteiger charge is 2.25. The molecule has 0 amide bonds. The summed E-state index contributed by atoms with van der Waals surface area (Å²) in [6.45, 7) is 0. The molecule has 5 heterocycles. The topological polar surface area (TPSA) is 45.5 Å². The summed E-state index contributed by atoms with van der Waals surface area (Å²) in [5.74, 6) is -0.689. The lowest BCUT2D eigenvalue weighted by atomic mass is 9.94. The molecule has 0 aliphatic rings. The Morgan fingerprint density at radius 2 is 0.814 bits per heavy atom. The number of hydrogen-bond donors (Lipinski definition) is 0. The van der Waals surface area contributed by atoms with Gasteiger partial charge in [-0.2, -0.15) is 4.98 Å². The summed E-state index contributed by atoms with van der Waals surface area (Å²) in [4.78, 5) is 10.5. The van der Waals surface area contributed by atoms with Crippen LogP contribution in [0.5, 0.6) is 0 Å². The van der Waals surface area contributed by atoms with Gasteiger partial charge in [0.05, 0.1) is 77.4 Å². The molecule has 6 heteroatoms. The van der Waals surface area contributed by atoms with Gasteiger partial charge in [-0.3, -0.25) is 9.13 Å². The smallest absolute Gasteiger partial charge is 0.237 e. The Bertz CT molecular complexity index is 5180. The van der Waals surface area contributed by atoms with Crippen molar-refractivity contribution in [3.8, 4) is 45.5 Å². The highest BCUT2D eigenvalue weighted by atomic mass is 15.2. The van der Waals surface area contributed by atoms with Gasteiger partial charge in [-0.15, -0.1) is 0 Å². The number of benzene rings is 10. The van der Waals surface area contributed by atoms with Crippen LogP contribution >= 0.6 is 0 Å². The molecule has 0 radical (unpaired) electrons. The van der Waals surface area contributed by atoms with Crippen LogP contribution in [0.2, 0.25) is 0 Å². The van der Waals surface area contributed by atoms with Gasteiger partial charge in [-0.05, 0) is 77.8 Å². The molecular formula is C64H40N6. The maximum atomic E-state index is 9.58. The van der Waals surface area contributed by atoms with Gasteiger partial charge in [0.15, 0.2) is 0 Å². The first kappa shape index (κ1) is 26.1. The van der Waals surface area contributed by atoms with Crippen LogP contribution in [0.4, 0.5) is 0 Å². The van der Waals surface area contributed by atoms with Gasteiger partial charge in [0.2, 0.25) is 5.95 Å². The predicted octanol–water partition coefficient (Wildman–Crippen LogP) is 16.2. The minimum atomic E-state index is -0.699. The Labute approximate surface area is 424 Å². The fourth-order valence-electron chi connectivity index (χ4n) is 10.4. The van der Waals surface area contributed by atoms with Crippen molar-refractivity contribution in [1.82, 2.24) is 28.2 Å². The zero-order valence-corrected chi connectivity index (χ0v) is 36.5. The Hall–Kier alpha value is -9.52. The molecule has 0 saturated heterocycles. The molecule has 0 unspecified atom stereocenters. The number of fused-ring (bicyclic) bond motifs is 12. The Kier molecular flexibility index (Phi) is 5.60. The largest absolute Gasteiger partial charge is 0.309 e. The van der Waals surface area contributed by atoms with Crippen molar-refractivity contribution in [2.24, 2.45) is 0 Å². The van der Waals surface area contributed by atoms with E-state index in [-0.39, 0.29) is 55.1 Å². The van der Waals surface area contributed by atoms with Crippen molar-refractivity contribution < 1.29 is 21.9 Å². The molecule has 0 spiro atoms. The van der Waals surface area contributed by atoms with Crippen LogP contribution in [0.1, 0.15) is 21.9 Å². The number of aromatic nitrogens is 6. The van der Waals surface area contributed by atoms with Crippen LogP contribution in [-0.4, -0.2) is 28.2 Å². The van der Waals surface area contributed by atoms with E-state index in [2.05, 4.69) is 33.4 Å². The third-order valence-corrected chi connectivity index (χ3v) is 13.3. The summed E-state index contributed by atoms with van der Waals surface area (Å²) in [7, 11) is 0. The van der Waals surface area contributed by atoms with E-state index < -0.39 is 103 Å². The molecule has 0 aliphatic heterocycles. The zero-order chi connectivity index (χ0) is 59.8. The molecule has 0 saturated carbocycles. The standard InChI is InChI=1S/C64H40N6/c1-2-19-42(20-3-1)67-53-29-11-4-27-50(53)51-38-37-41(39-61(51)67)43-28-18-36-60(68-54-30-12-5-21-44(54)45-22-6-13-31-55(45)68)63(43)52-40-62(69-56-32-14-7-23-46(56)47-24-8-15-33-57(47)69)66-64(65-52)70-58-34-16-9-25-48(58)49-26-10-17-35-59(49)70/h1-40H/i7D,8D,9D,10D,14D,15D,16D,17D,23D,24D,25D,26D,32D,33D,34D,35D. The van der Waals surface area contributed by atoms with Crippen LogP contribution in [0.25, 0.3) is 133 Å². The molecule has 6 nitrogen and oxygen atoms in total. The van der Waals surface area contributed by atoms with Crippen molar-refractivity contribution in [2.75, 3.05) is 0 Å². The molecule has 0 N–H and O–H groups in total.